The largest absolute Gasteiger partial charge is 0.453 e. The summed E-state index contributed by atoms with van der Waals surface area (Å²) >= 11 is 0. The number of esters is 1. The number of hydrogen-bond donors (Lipinski definition) is 1. The molecule has 0 unspecified atom stereocenters. The molecule has 0 bridgehead atoms. The fraction of sp³-hybridized carbons (Fsp3) is 0.150. The highest BCUT2D eigenvalue weighted by Gasteiger charge is 2.15. The van der Waals surface area contributed by atoms with Crippen LogP contribution in [0.5, 0.6) is 0 Å². The van der Waals surface area contributed by atoms with Gasteiger partial charge in [-0.25, -0.2) is 9.18 Å². The zero-order valence-electron chi connectivity index (χ0n) is 14.4. The van der Waals surface area contributed by atoms with Gasteiger partial charge < -0.3 is 4.74 Å². The first-order chi connectivity index (χ1) is 12.4. The Morgan fingerprint density at radius 2 is 1.77 bits per heavy atom. The summed E-state index contributed by atoms with van der Waals surface area (Å²) in [7, 11) is 0. The van der Waals surface area contributed by atoms with Crippen molar-refractivity contribution in [2.75, 3.05) is 6.61 Å². The predicted molar refractivity (Wildman–Crippen MR) is 94.5 cm³/mol. The van der Waals surface area contributed by atoms with Crippen molar-refractivity contribution in [2.45, 2.75) is 13.8 Å². The van der Waals surface area contributed by atoms with Crippen molar-refractivity contribution in [2.24, 2.45) is 0 Å². The molecular weight excluding hydrogens is 335 g/mol. The number of nitrogens with zero attached hydrogens (tertiary/aromatic N) is 1. The Morgan fingerprint density at radius 1 is 1.04 bits per heavy atom. The molecule has 0 saturated heterocycles. The van der Waals surface area contributed by atoms with Crippen LogP contribution in [0.3, 0.4) is 0 Å². The number of H-pyrrole nitrogens is 1. The van der Waals surface area contributed by atoms with E-state index in [0.717, 1.165) is 11.1 Å². The molecule has 0 aliphatic heterocycles. The number of carbonyl (C=O) groups is 2. The third kappa shape index (κ3) is 3.85. The Hall–Kier alpha value is -3.28. The van der Waals surface area contributed by atoms with Gasteiger partial charge in [0.2, 0.25) is 0 Å². The summed E-state index contributed by atoms with van der Waals surface area (Å²) < 4.78 is 18.0. The molecular formula is C20H17FN2O3. The molecule has 0 radical (unpaired) electrons. The molecule has 3 rings (SSSR count). The smallest absolute Gasteiger partial charge is 0.356 e. The van der Waals surface area contributed by atoms with Crippen molar-refractivity contribution in [3.05, 3.63) is 76.7 Å². The molecule has 0 aliphatic rings. The Labute approximate surface area is 149 Å². The number of ether oxygens (including phenoxy) is 1. The highest BCUT2D eigenvalue weighted by molar-refractivity contribution is 5.99. The maximum atomic E-state index is 13.0. The lowest BCUT2D eigenvalue weighted by atomic mass is 10.0. The number of nitrogens with one attached hydrogen (secondary N) is 1. The van der Waals surface area contributed by atoms with Crippen molar-refractivity contribution >= 4 is 11.8 Å². The Morgan fingerprint density at radius 3 is 2.46 bits per heavy atom. The van der Waals surface area contributed by atoms with Gasteiger partial charge in [-0.15, -0.1) is 0 Å². The van der Waals surface area contributed by atoms with Gasteiger partial charge in [0.25, 0.3) is 0 Å². The Balaban J connectivity index is 1.64. The monoisotopic (exact) mass is 352 g/mol. The lowest BCUT2D eigenvalue weighted by Crippen LogP contribution is -2.14. The van der Waals surface area contributed by atoms with Crippen LogP contribution in [0.15, 0.2) is 48.5 Å². The molecule has 0 spiro atoms. The molecule has 0 saturated carbocycles. The summed E-state index contributed by atoms with van der Waals surface area (Å²) in [4.78, 5) is 24.3. The molecule has 3 aromatic rings. The lowest BCUT2D eigenvalue weighted by molar-refractivity contribution is 0.0469. The average Bonchev–Trinajstić information content (AvgIpc) is 3.12. The van der Waals surface area contributed by atoms with Crippen molar-refractivity contribution in [3.8, 4) is 11.3 Å². The zero-order valence-corrected chi connectivity index (χ0v) is 14.4. The molecule has 6 heteroatoms. The van der Waals surface area contributed by atoms with Crippen molar-refractivity contribution < 1.29 is 18.7 Å². The lowest BCUT2D eigenvalue weighted by Gasteiger charge is -2.05. The molecule has 0 fully saturated rings. The summed E-state index contributed by atoms with van der Waals surface area (Å²) in [6.07, 6.45) is 0. The van der Waals surface area contributed by atoms with Gasteiger partial charge in [0.15, 0.2) is 12.4 Å². The van der Waals surface area contributed by atoms with Crippen LogP contribution in [0.1, 0.15) is 32.0 Å². The summed E-state index contributed by atoms with van der Waals surface area (Å²) in [5.41, 5.74) is 3.85. The second kappa shape index (κ2) is 7.31. The Bertz CT molecular complexity index is 961. The summed E-state index contributed by atoms with van der Waals surface area (Å²) in [6, 6.07) is 12.6. The number of rotatable bonds is 5. The molecule has 0 amide bonds. The van der Waals surface area contributed by atoms with E-state index in [0.29, 0.717) is 16.8 Å². The minimum atomic E-state index is -0.678. The number of benzene rings is 2. The van der Waals surface area contributed by atoms with Crippen LogP contribution in [0.2, 0.25) is 0 Å². The summed E-state index contributed by atoms with van der Waals surface area (Å²) in [5, 5.41) is 6.58. The van der Waals surface area contributed by atoms with Crippen LogP contribution in [0.25, 0.3) is 11.3 Å². The average molecular weight is 352 g/mol. The van der Waals surface area contributed by atoms with Gasteiger partial charge in [-0.3, -0.25) is 9.89 Å². The molecule has 2 aromatic carbocycles. The van der Waals surface area contributed by atoms with Gasteiger partial charge in [0.05, 0.1) is 5.69 Å². The number of Topliss-reactive ketones (excluding diaryl/α,β-unsaturated/α-hetero) is 1. The fourth-order valence-electron chi connectivity index (χ4n) is 2.40. The normalized spacial score (nSPS) is 10.6. The van der Waals surface area contributed by atoms with Gasteiger partial charge in [-0.05, 0) is 61.4 Å². The van der Waals surface area contributed by atoms with Crippen LogP contribution in [-0.2, 0) is 4.74 Å². The molecule has 132 valence electrons. The fourth-order valence-corrected chi connectivity index (χ4v) is 2.40. The quantitative estimate of drug-likeness (QED) is 0.559. The summed E-state index contributed by atoms with van der Waals surface area (Å²) in [6.45, 7) is 3.52. The number of aromatic nitrogens is 2. The molecule has 5 nitrogen and oxygen atoms in total. The van der Waals surface area contributed by atoms with E-state index in [1.165, 1.54) is 18.2 Å². The SMILES string of the molecule is Cc1ccc(C(=O)COC(=O)c2cc(-c3ccc(F)cc3)n[nH]2)cc1C. The van der Waals surface area contributed by atoms with E-state index in [9.17, 15) is 14.0 Å². The predicted octanol–water partition coefficient (Wildman–Crippen LogP) is 3.87. The Kier molecular flexibility index (Phi) is 4.93. The highest BCUT2D eigenvalue weighted by atomic mass is 19.1. The summed E-state index contributed by atoms with van der Waals surface area (Å²) in [5.74, 6) is -1.31. The number of halogens is 1. The van der Waals surface area contributed by atoms with E-state index in [4.69, 9.17) is 4.74 Å². The van der Waals surface area contributed by atoms with E-state index < -0.39 is 5.97 Å². The topological polar surface area (TPSA) is 72.1 Å². The number of aromatic amines is 1. The van der Waals surface area contributed by atoms with Crippen LogP contribution in [0.4, 0.5) is 4.39 Å². The van der Waals surface area contributed by atoms with Crippen molar-refractivity contribution in [1.29, 1.82) is 0 Å². The van der Waals surface area contributed by atoms with Gasteiger partial charge in [0, 0.05) is 11.1 Å². The zero-order chi connectivity index (χ0) is 18.7. The van der Waals surface area contributed by atoms with Gasteiger partial charge in [0.1, 0.15) is 11.5 Å². The molecule has 0 aliphatic carbocycles. The minimum Gasteiger partial charge on any atom is -0.453 e. The second-order valence-corrected chi connectivity index (χ2v) is 5.97. The van der Waals surface area contributed by atoms with Gasteiger partial charge in [-0.2, -0.15) is 5.10 Å². The number of aryl methyl sites for hydroxylation is 2. The third-order valence-corrected chi connectivity index (χ3v) is 4.10. The van der Waals surface area contributed by atoms with E-state index in [-0.39, 0.29) is 23.9 Å². The maximum absolute atomic E-state index is 13.0. The van der Waals surface area contributed by atoms with Crippen LogP contribution in [0, 0.1) is 19.7 Å². The highest BCUT2D eigenvalue weighted by Crippen LogP contribution is 2.18. The van der Waals surface area contributed by atoms with E-state index in [1.807, 2.05) is 19.9 Å². The first-order valence-electron chi connectivity index (χ1n) is 8.03. The molecule has 26 heavy (non-hydrogen) atoms. The van der Waals surface area contributed by atoms with E-state index >= 15 is 0 Å². The van der Waals surface area contributed by atoms with E-state index in [1.54, 1.807) is 24.3 Å². The first kappa shape index (κ1) is 17.5. The minimum absolute atomic E-state index is 0.122. The number of carbonyl (C=O) groups excluding carboxylic acids is 2. The first-order valence-corrected chi connectivity index (χ1v) is 8.03. The molecule has 0 atom stereocenters. The molecule has 1 N–H and O–H groups in total. The van der Waals surface area contributed by atoms with Crippen LogP contribution >= 0.6 is 0 Å². The maximum Gasteiger partial charge on any atom is 0.356 e. The van der Waals surface area contributed by atoms with Crippen LogP contribution in [-0.4, -0.2) is 28.6 Å². The van der Waals surface area contributed by atoms with Crippen molar-refractivity contribution in [3.63, 3.8) is 0 Å². The number of ketones is 1. The van der Waals surface area contributed by atoms with Gasteiger partial charge in [-0.1, -0.05) is 12.1 Å². The van der Waals surface area contributed by atoms with Gasteiger partial charge >= 0.3 is 5.97 Å². The molecule has 1 heterocycles. The van der Waals surface area contributed by atoms with E-state index in [2.05, 4.69) is 10.2 Å². The standard InChI is InChI=1S/C20H17FN2O3/c1-12-3-4-15(9-13(12)2)19(24)11-26-20(25)18-10-17(22-23-18)14-5-7-16(21)8-6-14/h3-10H,11H2,1-2H3,(H,22,23). The second-order valence-electron chi connectivity index (χ2n) is 5.97. The van der Waals surface area contributed by atoms with Crippen LogP contribution < -0.4 is 0 Å². The third-order valence-electron chi connectivity index (χ3n) is 4.10. The van der Waals surface area contributed by atoms with Crippen molar-refractivity contribution in [1.82, 2.24) is 10.2 Å². The number of hydrogen-bond acceptors (Lipinski definition) is 4. The molecule has 1 aromatic heterocycles.